The number of pyridine rings is 1. The number of anilines is 1. The second-order valence-corrected chi connectivity index (χ2v) is 7.46. The summed E-state index contributed by atoms with van der Waals surface area (Å²) in [6.45, 7) is 3.25. The van der Waals surface area contributed by atoms with Gasteiger partial charge in [0.15, 0.2) is 0 Å². The minimum atomic E-state index is -3.63. The van der Waals surface area contributed by atoms with Crippen LogP contribution in [0.3, 0.4) is 0 Å². The number of para-hydroxylation sites is 1. The molecule has 0 atom stereocenters. The third-order valence-electron chi connectivity index (χ3n) is 3.45. The smallest absolute Gasteiger partial charge is 0.260 e. The van der Waals surface area contributed by atoms with E-state index in [1.165, 1.54) is 6.21 Å². The molecule has 0 saturated heterocycles. The number of aryl methyl sites for hydroxylation is 2. The first-order valence-electron chi connectivity index (χ1n) is 7.56. The zero-order chi connectivity index (χ0) is 18.4. The monoisotopic (exact) mass is 360 g/mol. The lowest BCUT2D eigenvalue weighted by atomic mass is 10.1. The summed E-state index contributed by atoms with van der Waals surface area (Å²) in [5.74, 6) is -0.541. The van der Waals surface area contributed by atoms with E-state index in [0.29, 0.717) is 11.4 Å². The highest BCUT2D eigenvalue weighted by Crippen LogP contribution is 2.26. The molecule has 0 radical (unpaired) electrons. The third kappa shape index (κ3) is 5.12. The van der Waals surface area contributed by atoms with Crippen molar-refractivity contribution in [3.05, 3.63) is 59.4 Å². The lowest BCUT2D eigenvalue weighted by Crippen LogP contribution is -2.39. The molecular formula is C17H20N4O3S. The molecular weight excluding hydrogens is 340 g/mol. The molecule has 0 aliphatic heterocycles. The van der Waals surface area contributed by atoms with Gasteiger partial charge in [-0.2, -0.15) is 5.10 Å². The van der Waals surface area contributed by atoms with Crippen LogP contribution in [0.5, 0.6) is 0 Å². The van der Waals surface area contributed by atoms with Crippen LogP contribution in [0.4, 0.5) is 5.69 Å². The van der Waals surface area contributed by atoms with E-state index >= 15 is 0 Å². The first-order chi connectivity index (χ1) is 11.8. The zero-order valence-electron chi connectivity index (χ0n) is 14.3. The van der Waals surface area contributed by atoms with Gasteiger partial charge in [0.1, 0.15) is 6.54 Å². The number of aromatic nitrogens is 1. The summed E-state index contributed by atoms with van der Waals surface area (Å²) in [5.41, 5.74) is 4.96. The number of rotatable bonds is 6. The molecule has 2 aromatic rings. The van der Waals surface area contributed by atoms with Crippen molar-refractivity contribution in [1.29, 1.82) is 0 Å². The van der Waals surface area contributed by atoms with Crippen molar-refractivity contribution in [1.82, 2.24) is 10.4 Å². The fourth-order valence-electron chi connectivity index (χ4n) is 2.35. The van der Waals surface area contributed by atoms with Gasteiger partial charge in [0.25, 0.3) is 5.91 Å². The molecule has 0 unspecified atom stereocenters. The van der Waals surface area contributed by atoms with E-state index in [9.17, 15) is 13.2 Å². The Labute approximate surface area is 147 Å². The molecule has 0 aliphatic rings. The number of carbonyl (C=O) groups is 1. The molecule has 7 nitrogen and oxygen atoms in total. The van der Waals surface area contributed by atoms with Crippen LogP contribution < -0.4 is 9.73 Å². The average molecular weight is 360 g/mol. The Kier molecular flexibility index (Phi) is 5.87. The lowest BCUT2D eigenvalue weighted by molar-refractivity contribution is -0.119. The van der Waals surface area contributed by atoms with E-state index in [4.69, 9.17) is 0 Å². The SMILES string of the molecule is Cc1cccc(C)c1N(CC(=O)N/N=C\c1ccccn1)S(C)(=O)=O. The lowest BCUT2D eigenvalue weighted by Gasteiger charge is -2.25. The first kappa shape index (κ1) is 18.6. The van der Waals surface area contributed by atoms with Crippen LogP contribution in [0.1, 0.15) is 16.8 Å². The molecule has 1 amide bonds. The first-order valence-corrected chi connectivity index (χ1v) is 9.40. The maximum absolute atomic E-state index is 12.2. The normalized spacial score (nSPS) is 11.5. The molecule has 25 heavy (non-hydrogen) atoms. The Hall–Kier alpha value is -2.74. The number of hydrazone groups is 1. The Bertz CT molecular complexity index is 860. The second kappa shape index (κ2) is 7.89. The molecule has 0 spiro atoms. The summed E-state index contributed by atoms with van der Waals surface area (Å²) in [4.78, 5) is 16.2. The molecule has 2 rings (SSSR count). The fraction of sp³-hybridized carbons (Fsp3) is 0.235. The summed E-state index contributed by atoms with van der Waals surface area (Å²) >= 11 is 0. The molecule has 8 heteroatoms. The van der Waals surface area contributed by atoms with Crippen molar-refractivity contribution in [2.75, 3.05) is 17.1 Å². The second-order valence-electron chi connectivity index (χ2n) is 5.56. The molecule has 1 heterocycles. The molecule has 0 bridgehead atoms. The summed E-state index contributed by atoms with van der Waals surface area (Å²) in [6, 6.07) is 10.7. The minimum Gasteiger partial charge on any atom is -0.271 e. The third-order valence-corrected chi connectivity index (χ3v) is 4.56. The number of hydrogen-bond donors (Lipinski definition) is 1. The average Bonchev–Trinajstić information content (AvgIpc) is 2.54. The van der Waals surface area contributed by atoms with Crippen molar-refractivity contribution in [2.24, 2.45) is 5.10 Å². The summed E-state index contributed by atoms with van der Waals surface area (Å²) in [5, 5.41) is 3.81. The van der Waals surface area contributed by atoms with E-state index < -0.39 is 15.9 Å². The zero-order valence-corrected chi connectivity index (χ0v) is 15.1. The summed E-state index contributed by atoms with van der Waals surface area (Å²) in [6.07, 6.45) is 4.07. The van der Waals surface area contributed by atoms with Gasteiger partial charge < -0.3 is 0 Å². The van der Waals surface area contributed by atoms with E-state index in [0.717, 1.165) is 21.7 Å². The van der Waals surface area contributed by atoms with E-state index in [2.05, 4.69) is 15.5 Å². The molecule has 0 aliphatic carbocycles. The predicted octanol–water partition coefficient (Wildman–Crippen LogP) is 1.61. The molecule has 0 fully saturated rings. The standard InChI is InChI=1S/C17H20N4O3S/c1-13-7-6-8-14(2)17(13)21(25(3,23)24)12-16(22)20-19-11-15-9-4-5-10-18-15/h4-11H,12H2,1-3H3,(H,20,22)/b19-11-. The molecule has 0 saturated carbocycles. The van der Waals surface area contributed by atoms with Crippen LogP contribution in [0.15, 0.2) is 47.7 Å². The number of sulfonamides is 1. The van der Waals surface area contributed by atoms with Crippen molar-refractivity contribution in [2.45, 2.75) is 13.8 Å². The van der Waals surface area contributed by atoms with Crippen molar-refractivity contribution in [3.63, 3.8) is 0 Å². The van der Waals surface area contributed by atoms with Crippen LogP contribution in [0.2, 0.25) is 0 Å². The van der Waals surface area contributed by atoms with Crippen LogP contribution in [-0.4, -0.2) is 38.3 Å². The number of nitrogens with zero attached hydrogens (tertiary/aromatic N) is 3. The summed E-state index contributed by atoms with van der Waals surface area (Å²) < 4.78 is 25.4. The van der Waals surface area contributed by atoms with Crippen LogP contribution in [0, 0.1) is 13.8 Å². The van der Waals surface area contributed by atoms with Gasteiger partial charge in [-0.3, -0.25) is 14.1 Å². The van der Waals surface area contributed by atoms with Crippen LogP contribution >= 0.6 is 0 Å². The van der Waals surface area contributed by atoms with Gasteiger partial charge in [-0.1, -0.05) is 24.3 Å². The minimum absolute atomic E-state index is 0.357. The highest BCUT2D eigenvalue weighted by Gasteiger charge is 2.23. The maximum atomic E-state index is 12.2. The van der Waals surface area contributed by atoms with Gasteiger partial charge in [-0.15, -0.1) is 0 Å². The number of carbonyl (C=O) groups excluding carboxylic acids is 1. The van der Waals surface area contributed by atoms with Crippen molar-refractivity contribution in [3.8, 4) is 0 Å². The highest BCUT2D eigenvalue weighted by atomic mass is 32.2. The number of benzene rings is 1. The molecule has 1 N–H and O–H groups in total. The maximum Gasteiger partial charge on any atom is 0.260 e. The number of nitrogens with one attached hydrogen (secondary N) is 1. The quantitative estimate of drug-likeness (QED) is 0.626. The fourth-order valence-corrected chi connectivity index (χ4v) is 3.32. The van der Waals surface area contributed by atoms with Gasteiger partial charge in [0, 0.05) is 6.20 Å². The molecule has 1 aromatic heterocycles. The highest BCUT2D eigenvalue weighted by molar-refractivity contribution is 7.92. The van der Waals surface area contributed by atoms with Crippen molar-refractivity contribution >= 4 is 27.8 Å². The topological polar surface area (TPSA) is 91.7 Å². The molecule has 132 valence electrons. The van der Waals surface area contributed by atoms with Crippen LogP contribution in [0.25, 0.3) is 0 Å². The molecule has 1 aromatic carbocycles. The number of amides is 1. The van der Waals surface area contributed by atoms with Gasteiger partial charge in [-0.25, -0.2) is 13.8 Å². The predicted molar refractivity (Wildman–Crippen MR) is 98.1 cm³/mol. The Morgan fingerprint density at radius 2 is 1.88 bits per heavy atom. The van der Waals surface area contributed by atoms with Crippen molar-refractivity contribution < 1.29 is 13.2 Å². The van der Waals surface area contributed by atoms with E-state index in [-0.39, 0.29) is 6.54 Å². The van der Waals surface area contributed by atoms with Gasteiger partial charge in [-0.05, 0) is 37.1 Å². The largest absolute Gasteiger partial charge is 0.271 e. The van der Waals surface area contributed by atoms with Crippen LogP contribution in [-0.2, 0) is 14.8 Å². The Balaban J connectivity index is 2.15. The van der Waals surface area contributed by atoms with Gasteiger partial charge in [0.05, 0.1) is 23.9 Å². The number of hydrogen-bond acceptors (Lipinski definition) is 5. The Morgan fingerprint density at radius 3 is 2.44 bits per heavy atom. The summed E-state index contributed by atoms with van der Waals surface area (Å²) in [7, 11) is -3.63. The van der Waals surface area contributed by atoms with Gasteiger partial charge >= 0.3 is 0 Å². The van der Waals surface area contributed by atoms with Gasteiger partial charge in [0.2, 0.25) is 10.0 Å². The van der Waals surface area contributed by atoms with E-state index in [1.807, 2.05) is 6.07 Å². The van der Waals surface area contributed by atoms with E-state index in [1.54, 1.807) is 50.4 Å². The Morgan fingerprint density at radius 1 is 1.20 bits per heavy atom.